The Hall–Kier alpha value is -1.42. The zero-order chi connectivity index (χ0) is 16.6. The van der Waals surface area contributed by atoms with Crippen LogP contribution in [0.1, 0.15) is 12.0 Å². The minimum Gasteiger partial charge on any atom is -0.391 e. The van der Waals surface area contributed by atoms with Gasteiger partial charge in [-0.25, -0.2) is 0 Å². The van der Waals surface area contributed by atoms with E-state index in [1.165, 1.54) is 25.1 Å². The number of hydrogen-bond donors (Lipinski definition) is 1. The normalized spacial score (nSPS) is 38.1. The molecular weight excluding hydrogens is 296 g/mol. The maximum atomic E-state index is 9.45. The Kier molecular flexibility index (Phi) is 4.33. The van der Waals surface area contributed by atoms with E-state index in [0.717, 1.165) is 17.6 Å². The lowest BCUT2D eigenvalue weighted by molar-refractivity contribution is -0.918. The van der Waals surface area contributed by atoms with E-state index < -0.39 is 0 Å². The molecule has 0 amide bonds. The molecule has 2 heterocycles. The molecular formula is C21H29N2O+. The van der Waals surface area contributed by atoms with Crippen molar-refractivity contribution in [2.24, 2.45) is 11.8 Å². The molecule has 0 bridgehead atoms. The summed E-state index contributed by atoms with van der Waals surface area (Å²) in [6, 6.07) is 12.1. The zero-order valence-corrected chi connectivity index (χ0v) is 14.6. The number of aliphatic hydroxyl groups excluding tert-OH is 1. The first-order chi connectivity index (χ1) is 11.7. The highest BCUT2D eigenvalue weighted by Crippen LogP contribution is 2.44. The average molecular weight is 325 g/mol. The molecule has 3 aliphatic rings. The van der Waals surface area contributed by atoms with E-state index in [1.54, 1.807) is 0 Å². The largest absolute Gasteiger partial charge is 0.391 e. The minimum absolute atomic E-state index is 0.297. The number of allylic oxidation sites excluding steroid dienone is 2. The third-order valence-corrected chi connectivity index (χ3v) is 6.41. The maximum Gasteiger partial charge on any atom is 0.102 e. The highest BCUT2D eigenvalue weighted by atomic mass is 16.3. The van der Waals surface area contributed by atoms with Gasteiger partial charge in [0.1, 0.15) is 6.54 Å². The molecule has 3 heteroatoms. The van der Waals surface area contributed by atoms with E-state index >= 15 is 0 Å². The lowest BCUT2D eigenvalue weighted by Gasteiger charge is -2.44. The molecule has 3 nitrogen and oxygen atoms in total. The molecule has 5 unspecified atom stereocenters. The van der Waals surface area contributed by atoms with Crippen molar-refractivity contribution in [3.8, 4) is 0 Å². The van der Waals surface area contributed by atoms with Crippen molar-refractivity contribution in [1.29, 1.82) is 0 Å². The summed E-state index contributed by atoms with van der Waals surface area (Å²) in [5.41, 5.74) is 1.41. The first kappa shape index (κ1) is 16.1. The molecule has 0 radical (unpaired) electrons. The fourth-order valence-electron chi connectivity index (χ4n) is 5.19. The molecule has 2 aliphatic heterocycles. The molecule has 1 aromatic rings. The minimum atomic E-state index is 0.297. The van der Waals surface area contributed by atoms with Crippen molar-refractivity contribution in [3.63, 3.8) is 0 Å². The van der Waals surface area contributed by atoms with Crippen LogP contribution in [-0.4, -0.2) is 59.9 Å². The summed E-state index contributed by atoms with van der Waals surface area (Å²) in [5.74, 6) is 1.32. The van der Waals surface area contributed by atoms with Crippen LogP contribution < -0.4 is 0 Å². The van der Waals surface area contributed by atoms with Crippen LogP contribution in [0.15, 0.2) is 54.6 Å². The van der Waals surface area contributed by atoms with Crippen LogP contribution in [0, 0.1) is 11.8 Å². The number of piperidine rings is 1. The van der Waals surface area contributed by atoms with Crippen molar-refractivity contribution in [3.05, 3.63) is 60.2 Å². The van der Waals surface area contributed by atoms with Crippen molar-refractivity contribution in [1.82, 2.24) is 4.90 Å². The van der Waals surface area contributed by atoms with Crippen molar-refractivity contribution in [2.75, 3.05) is 33.3 Å². The number of hydrogen-bond acceptors (Lipinski definition) is 2. The van der Waals surface area contributed by atoms with Gasteiger partial charge in [-0.3, -0.25) is 4.90 Å². The molecule has 2 fully saturated rings. The van der Waals surface area contributed by atoms with Gasteiger partial charge in [0.2, 0.25) is 0 Å². The predicted octanol–water partition coefficient (Wildman–Crippen LogP) is 2.44. The van der Waals surface area contributed by atoms with Gasteiger partial charge in [0.25, 0.3) is 0 Å². The first-order valence-corrected chi connectivity index (χ1v) is 9.29. The van der Waals surface area contributed by atoms with Crippen LogP contribution >= 0.6 is 0 Å². The molecule has 128 valence electrons. The second-order valence-corrected chi connectivity index (χ2v) is 7.99. The second-order valence-electron chi connectivity index (χ2n) is 7.99. The van der Waals surface area contributed by atoms with Crippen molar-refractivity contribution >= 4 is 0 Å². The average Bonchev–Trinajstić information content (AvgIpc) is 2.89. The van der Waals surface area contributed by atoms with E-state index in [0.29, 0.717) is 30.5 Å². The van der Waals surface area contributed by atoms with Gasteiger partial charge in [-0.1, -0.05) is 54.6 Å². The summed E-state index contributed by atoms with van der Waals surface area (Å²) in [5, 5.41) is 9.45. The van der Waals surface area contributed by atoms with Crippen LogP contribution in [0.5, 0.6) is 0 Å². The van der Waals surface area contributed by atoms with Crippen LogP contribution in [0.2, 0.25) is 0 Å². The highest BCUT2D eigenvalue weighted by molar-refractivity contribution is 5.25. The maximum absolute atomic E-state index is 9.45. The summed E-state index contributed by atoms with van der Waals surface area (Å²) >= 11 is 0. The molecule has 1 aliphatic carbocycles. The molecule has 1 N–H and O–H groups in total. The molecule has 0 spiro atoms. The molecule has 2 saturated heterocycles. The molecule has 5 atom stereocenters. The number of nitrogens with zero attached hydrogens (tertiary/aromatic N) is 2. The fourth-order valence-corrected chi connectivity index (χ4v) is 5.19. The topological polar surface area (TPSA) is 23.5 Å². The number of quaternary nitrogens is 1. The first-order valence-electron chi connectivity index (χ1n) is 9.29. The Labute approximate surface area is 145 Å². The molecule has 0 saturated carbocycles. The number of benzene rings is 1. The summed E-state index contributed by atoms with van der Waals surface area (Å²) in [6.45, 7) is 4.60. The quantitative estimate of drug-likeness (QED) is 0.860. The smallest absolute Gasteiger partial charge is 0.102 e. The second kappa shape index (κ2) is 6.47. The van der Waals surface area contributed by atoms with E-state index in [4.69, 9.17) is 0 Å². The number of fused-ring (bicyclic) bond motifs is 3. The van der Waals surface area contributed by atoms with Crippen LogP contribution in [0.3, 0.4) is 0 Å². The SMILES string of the molecule is C[N+]1(CCO)CCC2C(C1)C1C=CC=CC1N2Cc1ccccc1. The number of rotatable bonds is 4. The van der Waals surface area contributed by atoms with Crippen LogP contribution in [0.4, 0.5) is 0 Å². The highest BCUT2D eigenvalue weighted by Gasteiger charge is 2.52. The zero-order valence-electron chi connectivity index (χ0n) is 14.6. The van der Waals surface area contributed by atoms with Gasteiger partial charge in [0, 0.05) is 36.9 Å². The molecule has 1 aromatic carbocycles. The Balaban J connectivity index is 1.59. The third-order valence-electron chi connectivity index (χ3n) is 6.41. The Bertz CT molecular complexity index is 626. The van der Waals surface area contributed by atoms with Gasteiger partial charge in [-0.2, -0.15) is 0 Å². The lowest BCUT2D eigenvalue weighted by Crippen LogP contribution is -2.57. The summed E-state index contributed by atoms with van der Waals surface area (Å²) in [4.78, 5) is 2.74. The van der Waals surface area contributed by atoms with E-state index in [-0.39, 0.29) is 0 Å². The monoisotopic (exact) mass is 325 g/mol. The number of aliphatic hydroxyl groups is 1. The van der Waals surface area contributed by atoms with Crippen LogP contribution in [0.25, 0.3) is 0 Å². The number of likely N-dealkylation sites (N-methyl/N-ethyl adjacent to an activating group) is 1. The number of likely N-dealkylation sites (tertiary alicyclic amines) is 2. The van der Waals surface area contributed by atoms with Crippen LogP contribution in [-0.2, 0) is 6.54 Å². The Morgan fingerprint density at radius 3 is 2.75 bits per heavy atom. The van der Waals surface area contributed by atoms with Gasteiger partial charge in [-0.05, 0) is 5.56 Å². The molecule has 24 heavy (non-hydrogen) atoms. The summed E-state index contributed by atoms with van der Waals surface area (Å²) in [6.07, 6.45) is 10.5. The van der Waals surface area contributed by atoms with Crippen molar-refractivity contribution < 1.29 is 9.59 Å². The summed E-state index contributed by atoms with van der Waals surface area (Å²) in [7, 11) is 2.32. The Morgan fingerprint density at radius 2 is 1.96 bits per heavy atom. The van der Waals surface area contributed by atoms with Gasteiger partial charge < -0.3 is 9.59 Å². The van der Waals surface area contributed by atoms with Gasteiger partial charge in [0.15, 0.2) is 0 Å². The third kappa shape index (κ3) is 2.85. The Morgan fingerprint density at radius 1 is 1.17 bits per heavy atom. The van der Waals surface area contributed by atoms with E-state index in [1.807, 2.05) is 0 Å². The lowest BCUT2D eigenvalue weighted by atomic mass is 9.81. The van der Waals surface area contributed by atoms with Gasteiger partial charge in [0.05, 0.1) is 26.7 Å². The molecule has 0 aromatic heterocycles. The van der Waals surface area contributed by atoms with Crippen molar-refractivity contribution in [2.45, 2.75) is 25.0 Å². The van der Waals surface area contributed by atoms with E-state index in [2.05, 4.69) is 66.6 Å². The van der Waals surface area contributed by atoms with E-state index in [9.17, 15) is 5.11 Å². The fraction of sp³-hybridized carbons (Fsp3) is 0.524. The molecule has 4 rings (SSSR count). The summed E-state index contributed by atoms with van der Waals surface area (Å²) < 4.78 is 1.03. The standard InChI is InChI=1S/C21H29N2O/c1-23(13-14-24)12-11-21-19(16-23)18-9-5-6-10-20(18)22(21)15-17-7-3-2-4-8-17/h2-10,18-21,24H,11-16H2,1H3/q+1. The predicted molar refractivity (Wildman–Crippen MR) is 97.3 cm³/mol. The van der Waals surface area contributed by atoms with Gasteiger partial charge in [-0.15, -0.1) is 0 Å². The van der Waals surface area contributed by atoms with Gasteiger partial charge >= 0.3 is 0 Å².